The number of hydrogen-bond acceptors (Lipinski definition) is 18. The highest BCUT2D eigenvalue weighted by molar-refractivity contribution is 6.13. The highest BCUT2D eigenvalue weighted by Crippen LogP contribution is 2.21. The summed E-state index contributed by atoms with van der Waals surface area (Å²) in [7, 11) is 4.53. The molecule has 1 aliphatic heterocycles. The van der Waals surface area contributed by atoms with Gasteiger partial charge in [-0.3, -0.25) is 24.1 Å². The number of methoxy groups -OCH3 is 3. The van der Waals surface area contributed by atoms with Crippen molar-refractivity contribution in [3.63, 3.8) is 0 Å². The Kier molecular flexibility index (Phi) is 32.9. The Bertz CT molecular complexity index is 1230. The molecular weight excluding hydrogens is 828 g/mol. The van der Waals surface area contributed by atoms with E-state index in [0.717, 1.165) is 17.1 Å². The van der Waals surface area contributed by atoms with Crippen LogP contribution in [-0.4, -0.2) is 213 Å². The fraction of sp³-hybridized carbons (Fsp3) is 0.763. The lowest BCUT2D eigenvalue weighted by molar-refractivity contribution is -0.137. The molecular formula is C38H66N6O18. The predicted octanol–water partition coefficient (Wildman–Crippen LogP) is -1.50. The lowest BCUT2D eigenvalue weighted by atomic mass is 9.92. The van der Waals surface area contributed by atoms with E-state index in [1.165, 1.54) is 21.3 Å². The van der Waals surface area contributed by atoms with E-state index in [1.807, 2.05) is 0 Å². The molecule has 7 amide bonds. The summed E-state index contributed by atoms with van der Waals surface area (Å²) in [5.74, 6) is -1.49. The van der Waals surface area contributed by atoms with Crippen molar-refractivity contribution >= 4 is 41.9 Å². The predicted molar refractivity (Wildman–Crippen MR) is 216 cm³/mol. The molecule has 0 saturated heterocycles. The Morgan fingerprint density at radius 2 is 0.839 bits per heavy atom. The van der Waals surface area contributed by atoms with Crippen molar-refractivity contribution in [2.45, 2.75) is 19.3 Å². The maximum Gasteiger partial charge on any atom is 0.407 e. The van der Waals surface area contributed by atoms with Gasteiger partial charge in [0.1, 0.15) is 19.8 Å². The van der Waals surface area contributed by atoms with Crippen LogP contribution in [0.3, 0.4) is 0 Å². The Morgan fingerprint density at radius 1 is 0.468 bits per heavy atom. The monoisotopic (exact) mass is 894 g/mol. The Hall–Kier alpha value is -4.69. The molecule has 0 unspecified atom stereocenters. The maximum absolute atomic E-state index is 12.2. The number of nitrogens with one attached hydrogen (secondary N) is 5. The molecule has 356 valence electrons. The van der Waals surface area contributed by atoms with Gasteiger partial charge in [-0.1, -0.05) is 0 Å². The van der Waals surface area contributed by atoms with E-state index in [0.29, 0.717) is 26.2 Å². The number of carbonyl (C=O) groups excluding carboxylic acids is 7. The smallest absolute Gasteiger partial charge is 0.407 e. The Morgan fingerprint density at radius 3 is 1.24 bits per heavy atom. The van der Waals surface area contributed by atoms with E-state index in [9.17, 15) is 33.6 Å². The number of carbonyl (C=O) groups is 7. The van der Waals surface area contributed by atoms with E-state index < -0.39 is 35.5 Å². The van der Waals surface area contributed by atoms with Crippen LogP contribution in [0.4, 0.5) is 14.4 Å². The molecule has 0 fully saturated rings. The van der Waals surface area contributed by atoms with Gasteiger partial charge < -0.3 is 78.7 Å². The number of ether oxygens (including phenoxy) is 11. The molecule has 5 N–H and O–H groups in total. The van der Waals surface area contributed by atoms with Crippen LogP contribution in [-0.2, 0) is 71.3 Å². The third kappa shape index (κ3) is 29.5. The number of alkyl carbamates (subject to hydrolysis) is 3. The quantitative estimate of drug-likeness (QED) is 0.0267. The van der Waals surface area contributed by atoms with Gasteiger partial charge in [-0.05, 0) is 6.42 Å². The van der Waals surface area contributed by atoms with Crippen molar-refractivity contribution in [1.29, 1.82) is 0 Å². The molecule has 0 aromatic heterocycles. The summed E-state index contributed by atoms with van der Waals surface area (Å²) in [6.07, 6.45) is 0.982. The van der Waals surface area contributed by atoms with Crippen molar-refractivity contribution in [3.05, 3.63) is 12.2 Å². The molecule has 0 aromatic rings. The lowest BCUT2D eigenvalue weighted by Gasteiger charge is -2.33. The molecule has 24 nitrogen and oxygen atoms in total. The van der Waals surface area contributed by atoms with Gasteiger partial charge in [-0.15, -0.1) is 0 Å². The minimum absolute atomic E-state index is 0.0236. The Balaban J connectivity index is 2.61. The van der Waals surface area contributed by atoms with Gasteiger partial charge >= 0.3 is 18.3 Å². The normalized spacial score (nSPS) is 12.3. The summed E-state index contributed by atoms with van der Waals surface area (Å²) in [5.41, 5.74) is -0.941. The van der Waals surface area contributed by atoms with Gasteiger partial charge in [-0.25, -0.2) is 14.4 Å². The van der Waals surface area contributed by atoms with Crippen molar-refractivity contribution < 1.29 is 85.7 Å². The molecule has 0 saturated carbocycles. The average molecular weight is 895 g/mol. The van der Waals surface area contributed by atoms with Crippen molar-refractivity contribution in [2.75, 3.05) is 166 Å². The van der Waals surface area contributed by atoms with Crippen molar-refractivity contribution in [2.24, 2.45) is 5.41 Å². The minimum atomic E-state index is -0.941. The molecule has 1 heterocycles. The molecule has 0 spiro atoms. The lowest BCUT2D eigenvalue weighted by Crippen LogP contribution is -2.43. The van der Waals surface area contributed by atoms with Crippen LogP contribution in [0.25, 0.3) is 0 Å². The molecule has 0 aliphatic carbocycles. The van der Waals surface area contributed by atoms with Crippen LogP contribution in [0.15, 0.2) is 12.2 Å². The molecule has 0 atom stereocenters. The van der Waals surface area contributed by atoms with E-state index in [1.54, 1.807) is 0 Å². The summed E-state index contributed by atoms with van der Waals surface area (Å²) >= 11 is 0. The third-order valence-electron chi connectivity index (χ3n) is 8.04. The molecule has 0 bridgehead atoms. The zero-order valence-electron chi connectivity index (χ0n) is 36.1. The SMILES string of the molecule is COCCNC(=O)OCCOCC(COCCOCCCC(=O)NCCNC(=O)CCN1C(=O)C=CC1=O)(COCCOC(=O)NCCOC)COCCOC(=O)NCCOC. The molecule has 62 heavy (non-hydrogen) atoms. The molecule has 0 radical (unpaired) electrons. The molecule has 1 aliphatic rings. The maximum atomic E-state index is 12.2. The van der Waals surface area contributed by atoms with E-state index >= 15 is 0 Å². The van der Waals surface area contributed by atoms with Crippen LogP contribution >= 0.6 is 0 Å². The van der Waals surface area contributed by atoms with Crippen molar-refractivity contribution in [1.82, 2.24) is 31.5 Å². The topological polar surface area (TPSA) is 284 Å². The van der Waals surface area contributed by atoms with Gasteiger partial charge in [0.25, 0.3) is 11.8 Å². The van der Waals surface area contributed by atoms with Crippen LogP contribution in [0.2, 0.25) is 0 Å². The first-order chi connectivity index (χ1) is 30.1. The van der Waals surface area contributed by atoms with Gasteiger partial charge in [0.15, 0.2) is 0 Å². The van der Waals surface area contributed by atoms with Crippen LogP contribution in [0.1, 0.15) is 19.3 Å². The first-order valence-corrected chi connectivity index (χ1v) is 20.2. The summed E-state index contributed by atoms with van der Waals surface area (Å²) in [4.78, 5) is 84.1. The number of imide groups is 1. The minimum Gasteiger partial charge on any atom is -0.447 e. The first kappa shape index (κ1) is 55.3. The first-order valence-electron chi connectivity index (χ1n) is 20.2. The average Bonchev–Trinajstić information content (AvgIpc) is 3.57. The summed E-state index contributed by atoms with van der Waals surface area (Å²) in [6, 6.07) is 0. The van der Waals surface area contributed by atoms with Gasteiger partial charge in [-0.2, -0.15) is 0 Å². The highest BCUT2D eigenvalue weighted by Gasteiger charge is 2.33. The van der Waals surface area contributed by atoms with Crippen molar-refractivity contribution in [3.8, 4) is 0 Å². The summed E-state index contributed by atoms with van der Waals surface area (Å²) < 4.78 is 59.4. The van der Waals surface area contributed by atoms with E-state index in [2.05, 4.69) is 26.6 Å². The van der Waals surface area contributed by atoms with Gasteiger partial charge in [0, 0.05) is 92.2 Å². The van der Waals surface area contributed by atoms with Gasteiger partial charge in [0.2, 0.25) is 11.8 Å². The van der Waals surface area contributed by atoms with Crippen LogP contribution < -0.4 is 26.6 Å². The van der Waals surface area contributed by atoms with Crippen LogP contribution in [0, 0.1) is 5.41 Å². The fourth-order valence-electron chi connectivity index (χ4n) is 4.90. The molecule has 1 rings (SSSR count). The zero-order valence-corrected chi connectivity index (χ0v) is 36.1. The second-order valence-corrected chi connectivity index (χ2v) is 13.2. The van der Waals surface area contributed by atoms with Gasteiger partial charge in [0.05, 0.1) is 84.7 Å². The second kappa shape index (κ2) is 36.9. The Labute approximate surface area is 361 Å². The molecule has 24 heteroatoms. The largest absolute Gasteiger partial charge is 0.447 e. The zero-order chi connectivity index (χ0) is 45.5. The second-order valence-electron chi connectivity index (χ2n) is 13.2. The number of rotatable bonds is 39. The van der Waals surface area contributed by atoms with E-state index in [-0.39, 0.29) is 150 Å². The summed E-state index contributed by atoms with van der Waals surface area (Å²) in [6.45, 7) is 2.85. The van der Waals surface area contributed by atoms with E-state index in [4.69, 9.17) is 52.1 Å². The highest BCUT2D eigenvalue weighted by atomic mass is 16.6. The third-order valence-corrected chi connectivity index (χ3v) is 8.04. The summed E-state index contributed by atoms with van der Waals surface area (Å²) in [5, 5.41) is 13.0. The number of hydrogen-bond donors (Lipinski definition) is 5. The number of amides is 7. The number of nitrogens with zero attached hydrogens (tertiary/aromatic N) is 1. The molecule has 0 aromatic carbocycles. The fourth-order valence-corrected chi connectivity index (χ4v) is 4.90. The standard InChI is InChI=1S/C38H66N6O18/c1-52-16-11-41-35(49)60-24-21-57-28-38(29-58-22-25-61-36(50)42-12-17-53-2,30-59-23-26-62-37(51)43-13-18-54-3)27-56-20-19-55-15-4-5-31(45)39-9-10-40-32(46)8-14-44-33(47)6-7-34(44)48/h6-7H,4-5,8-30H2,1-3H3,(H,39,45)(H,40,46)(H,41,49)(H,42,50)(H,43,51). The van der Waals surface area contributed by atoms with Crippen LogP contribution in [0.5, 0.6) is 0 Å².